The van der Waals surface area contributed by atoms with E-state index in [1.165, 1.54) is 18.5 Å². The van der Waals surface area contributed by atoms with Crippen LogP contribution in [0.3, 0.4) is 0 Å². The molecule has 1 aromatic heterocycles. The third-order valence-electron chi connectivity index (χ3n) is 3.39. The zero-order chi connectivity index (χ0) is 12.8. The van der Waals surface area contributed by atoms with Crippen molar-refractivity contribution in [2.45, 2.75) is 26.8 Å². The zero-order valence-corrected chi connectivity index (χ0v) is 11.5. The lowest BCUT2D eigenvalue weighted by molar-refractivity contribution is 0.0374. The molecule has 1 fully saturated rings. The van der Waals surface area contributed by atoms with Crippen LogP contribution in [0.25, 0.3) is 0 Å². The summed E-state index contributed by atoms with van der Waals surface area (Å²) in [4.78, 5) is 2.47. The molecule has 1 saturated heterocycles. The first-order valence-electron chi connectivity index (χ1n) is 6.82. The molecule has 4 heteroatoms. The molecule has 1 aliphatic heterocycles. The van der Waals surface area contributed by atoms with Gasteiger partial charge in [-0.15, -0.1) is 0 Å². The molecule has 102 valence electrons. The molecule has 0 aliphatic carbocycles. The maximum atomic E-state index is 5.50. The third kappa shape index (κ3) is 4.12. The number of nitrogens with one attached hydrogen (secondary N) is 1. The van der Waals surface area contributed by atoms with Crippen molar-refractivity contribution in [1.29, 1.82) is 0 Å². The smallest absolute Gasteiger partial charge is 0.105 e. The van der Waals surface area contributed by atoms with Crippen LogP contribution in [0.1, 0.15) is 23.5 Å². The number of rotatable bonds is 6. The van der Waals surface area contributed by atoms with E-state index in [0.29, 0.717) is 0 Å². The topological polar surface area (TPSA) is 37.6 Å². The summed E-state index contributed by atoms with van der Waals surface area (Å²) in [5.74, 6) is 2.03. The van der Waals surface area contributed by atoms with Crippen LogP contribution in [-0.2, 0) is 11.3 Å². The Labute approximate surface area is 109 Å². The van der Waals surface area contributed by atoms with Crippen LogP contribution in [0, 0.1) is 13.8 Å². The van der Waals surface area contributed by atoms with E-state index < -0.39 is 0 Å². The fourth-order valence-electron chi connectivity index (χ4n) is 2.33. The monoisotopic (exact) mass is 252 g/mol. The lowest BCUT2D eigenvalue weighted by Crippen LogP contribution is -2.37. The summed E-state index contributed by atoms with van der Waals surface area (Å²) in [5, 5.41) is 3.48. The summed E-state index contributed by atoms with van der Waals surface area (Å²) < 4.78 is 10.8. The molecule has 2 rings (SSSR count). The van der Waals surface area contributed by atoms with Crippen molar-refractivity contribution in [1.82, 2.24) is 10.2 Å². The Morgan fingerprint density at radius 2 is 2.06 bits per heavy atom. The predicted molar refractivity (Wildman–Crippen MR) is 71.8 cm³/mol. The molecule has 1 N–H and O–H groups in total. The van der Waals surface area contributed by atoms with E-state index in [1.54, 1.807) is 0 Å². The SMILES string of the molecule is Cc1cc(CNCCCN2CCOCC2)c(C)o1. The van der Waals surface area contributed by atoms with Crippen LogP contribution in [0.5, 0.6) is 0 Å². The number of morpholine rings is 1. The summed E-state index contributed by atoms with van der Waals surface area (Å²) in [7, 11) is 0. The molecule has 0 atom stereocenters. The Bertz CT molecular complexity index is 357. The first-order valence-corrected chi connectivity index (χ1v) is 6.82. The van der Waals surface area contributed by atoms with E-state index in [4.69, 9.17) is 9.15 Å². The molecule has 1 aromatic rings. The van der Waals surface area contributed by atoms with Crippen LogP contribution in [0.15, 0.2) is 10.5 Å². The van der Waals surface area contributed by atoms with Crippen molar-refractivity contribution in [3.05, 3.63) is 23.2 Å². The van der Waals surface area contributed by atoms with Crippen LogP contribution in [-0.4, -0.2) is 44.3 Å². The summed E-state index contributed by atoms with van der Waals surface area (Å²) in [5.41, 5.74) is 1.28. The van der Waals surface area contributed by atoms with Gasteiger partial charge in [-0.3, -0.25) is 4.90 Å². The van der Waals surface area contributed by atoms with Gasteiger partial charge >= 0.3 is 0 Å². The Morgan fingerprint density at radius 3 is 2.72 bits per heavy atom. The normalized spacial score (nSPS) is 17.2. The average Bonchev–Trinajstić information content (AvgIpc) is 2.69. The Kier molecular flexibility index (Phi) is 5.23. The molecular weight excluding hydrogens is 228 g/mol. The number of furan rings is 1. The standard InChI is InChI=1S/C14H24N2O2/c1-12-10-14(13(2)18-12)11-15-4-3-5-16-6-8-17-9-7-16/h10,15H,3-9,11H2,1-2H3. The van der Waals surface area contributed by atoms with Crippen LogP contribution in [0.2, 0.25) is 0 Å². The molecule has 0 aromatic carbocycles. The number of nitrogens with zero attached hydrogens (tertiary/aromatic N) is 1. The third-order valence-corrected chi connectivity index (χ3v) is 3.39. The fraction of sp³-hybridized carbons (Fsp3) is 0.714. The summed E-state index contributed by atoms with van der Waals surface area (Å²) in [6.07, 6.45) is 1.19. The number of ether oxygens (including phenoxy) is 1. The molecule has 0 saturated carbocycles. The molecule has 0 bridgehead atoms. The van der Waals surface area contributed by atoms with Crippen LogP contribution in [0.4, 0.5) is 0 Å². The molecule has 2 heterocycles. The van der Waals surface area contributed by atoms with Gasteiger partial charge in [-0.2, -0.15) is 0 Å². The number of hydrogen-bond donors (Lipinski definition) is 1. The van der Waals surface area contributed by atoms with Crippen molar-refractivity contribution < 1.29 is 9.15 Å². The van der Waals surface area contributed by atoms with Crippen molar-refractivity contribution in [2.24, 2.45) is 0 Å². The van der Waals surface area contributed by atoms with Gasteiger partial charge in [0.05, 0.1) is 13.2 Å². The fourth-order valence-corrected chi connectivity index (χ4v) is 2.33. The summed E-state index contributed by atoms with van der Waals surface area (Å²) >= 11 is 0. The highest BCUT2D eigenvalue weighted by Gasteiger charge is 2.09. The van der Waals surface area contributed by atoms with Gasteiger partial charge in [-0.25, -0.2) is 0 Å². The van der Waals surface area contributed by atoms with Crippen molar-refractivity contribution in [2.75, 3.05) is 39.4 Å². The highest BCUT2D eigenvalue weighted by molar-refractivity contribution is 5.19. The van der Waals surface area contributed by atoms with Crippen molar-refractivity contribution in [3.63, 3.8) is 0 Å². The number of aryl methyl sites for hydroxylation is 2. The average molecular weight is 252 g/mol. The van der Waals surface area contributed by atoms with E-state index >= 15 is 0 Å². The second-order valence-corrected chi connectivity index (χ2v) is 4.92. The van der Waals surface area contributed by atoms with Gasteiger partial charge in [0, 0.05) is 25.2 Å². The van der Waals surface area contributed by atoms with E-state index in [1.807, 2.05) is 13.8 Å². The van der Waals surface area contributed by atoms with Crippen LogP contribution < -0.4 is 5.32 Å². The Morgan fingerprint density at radius 1 is 1.28 bits per heavy atom. The van der Waals surface area contributed by atoms with Gasteiger partial charge in [0.15, 0.2) is 0 Å². The van der Waals surface area contributed by atoms with Crippen molar-refractivity contribution >= 4 is 0 Å². The summed E-state index contributed by atoms with van der Waals surface area (Å²) in [6, 6.07) is 2.12. The highest BCUT2D eigenvalue weighted by atomic mass is 16.5. The maximum Gasteiger partial charge on any atom is 0.105 e. The molecule has 1 aliphatic rings. The minimum Gasteiger partial charge on any atom is -0.466 e. The van der Waals surface area contributed by atoms with E-state index in [-0.39, 0.29) is 0 Å². The van der Waals surface area contributed by atoms with Gasteiger partial charge in [-0.1, -0.05) is 0 Å². The van der Waals surface area contributed by atoms with Gasteiger partial charge in [-0.05, 0) is 39.4 Å². The minimum atomic E-state index is 0.890. The second kappa shape index (κ2) is 6.92. The Balaban J connectivity index is 1.57. The maximum absolute atomic E-state index is 5.50. The zero-order valence-electron chi connectivity index (χ0n) is 11.5. The summed E-state index contributed by atoms with van der Waals surface area (Å²) in [6.45, 7) is 11.1. The second-order valence-electron chi connectivity index (χ2n) is 4.92. The molecular formula is C14H24N2O2. The quantitative estimate of drug-likeness (QED) is 0.782. The van der Waals surface area contributed by atoms with Gasteiger partial charge in [0.1, 0.15) is 11.5 Å². The lowest BCUT2D eigenvalue weighted by Gasteiger charge is -2.26. The van der Waals surface area contributed by atoms with Gasteiger partial charge in [0.25, 0.3) is 0 Å². The predicted octanol–water partition coefficient (Wildman–Crippen LogP) is 1.71. The molecule has 0 unspecified atom stereocenters. The first kappa shape index (κ1) is 13.6. The largest absolute Gasteiger partial charge is 0.466 e. The Hall–Kier alpha value is -0.840. The first-order chi connectivity index (χ1) is 8.75. The van der Waals surface area contributed by atoms with E-state index in [2.05, 4.69) is 16.3 Å². The minimum absolute atomic E-state index is 0.890. The molecule has 18 heavy (non-hydrogen) atoms. The highest BCUT2D eigenvalue weighted by Crippen LogP contribution is 2.12. The van der Waals surface area contributed by atoms with Crippen LogP contribution >= 0.6 is 0 Å². The van der Waals surface area contributed by atoms with Crippen molar-refractivity contribution in [3.8, 4) is 0 Å². The molecule has 0 amide bonds. The number of hydrogen-bond acceptors (Lipinski definition) is 4. The van der Waals surface area contributed by atoms with E-state index in [9.17, 15) is 0 Å². The van der Waals surface area contributed by atoms with Gasteiger partial charge in [0.2, 0.25) is 0 Å². The van der Waals surface area contributed by atoms with Gasteiger partial charge < -0.3 is 14.5 Å². The van der Waals surface area contributed by atoms with E-state index in [0.717, 1.165) is 50.9 Å². The molecule has 0 radical (unpaired) electrons. The molecule has 0 spiro atoms. The molecule has 4 nitrogen and oxygen atoms in total. The lowest BCUT2D eigenvalue weighted by atomic mass is 10.2.